The quantitative estimate of drug-likeness (QED) is 0.377. The zero-order chi connectivity index (χ0) is 22.5. The molecule has 4 rings (SSSR count). The Balaban J connectivity index is 1.37. The highest BCUT2D eigenvalue weighted by Crippen LogP contribution is 2.34. The Kier molecular flexibility index (Phi) is 7.05. The van der Waals surface area contributed by atoms with E-state index in [9.17, 15) is 4.79 Å². The Hall–Kier alpha value is -2.93. The van der Waals surface area contributed by atoms with Crippen LogP contribution in [-0.2, 0) is 24.1 Å². The lowest BCUT2D eigenvalue weighted by Gasteiger charge is -2.15. The number of ether oxygens (including phenoxy) is 1. The predicted octanol–water partition coefficient (Wildman–Crippen LogP) is 4.30. The number of aromatic nitrogens is 3. The Morgan fingerprint density at radius 3 is 2.94 bits per heavy atom. The van der Waals surface area contributed by atoms with Crippen LogP contribution in [0.15, 0.2) is 35.0 Å². The number of rotatable bonds is 10. The van der Waals surface area contributed by atoms with Crippen LogP contribution in [0.4, 0.5) is 0 Å². The van der Waals surface area contributed by atoms with Crippen molar-refractivity contribution in [2.24, 2.45) is 0 Å². The molecule has 0 aromatic carbocycles. The summed E-state index contributed by atoms with van der Waals surface area (Å²) in [6.45, 7) is 8.80. The number of hydrogen-bond donors (Lipinski definition) is 1. The molecule has 7 nitrogen and oxygen atoms in total. The summed E-state index contributed by atoms with van der Waals surface area (Å²) in [5.41, 5.74) is 4.75. The third-order valence-corrected chi connectivity index (χ3v) is 6.05. The van der Waals surface area contributed by atoms with Crippen LogP contribution in [0.25, 0.3) is 11.3 Å². The fourth-order valence-electron chi connectivity index (χ4n) is 4.32. The van der Waals surface area contributed by atoms with Gasteiger partial charge in [0.15, 0.2) is 0 Å². The maximum absolute atomic E-state index is 12.7. The summed E-state index contributed by atoms with van der Waals surface area (Å²) >= 11 is 0. The van der Waals surface area contributed by atoms with Crippen molar-refractivity contribution in [3.05, 3.63) is 58.9 Å². The number of fused-ring (bicyclic) bond motifs is 3. The highest BCUT2D eigenvalue weighted by Gasteiger charge is 2.28. The SMILES string of the molecule is CCOC(=O)c1c2c(nn1CCCNCCC(C)c1ccc(C)o1)-c1ccncc1CC2. The Bertz CT molecular complexity index is 1070. The van der Waals surface area contributed by atoms with Crippen LogP contribution in [0.3, 0.4) is 0 Å². The zero-order valence-corrected chi connectivity index (χ0v) is 19.2. The summed E-state index contributed by atoms with van der Waals surface area (Å²) in [5.74, 6) is 2.10. The molecule has 32 heavy (non-hydrogen) atoms. The molecule has 7 heteroatoms. The van der Waals surface area contributed by atoms with Crippen LogP contribution in [0, 0.1) is 6.92 Å². The first-order valence-corrected chi connectivity index (χ1v) is 11.6. The van der Waals surface area contributed by atoms with Gasteiger partial charge in [0.25, 0.3) is 0 Å². The minimum atomic E-state index is -0.283. The second kappa shape index (κ2) is 10.1. The van der Waals surface area contributed by atoms with E-state index >= 15 is 0 Å². The first kappa shape index (κ1) is 22.3. The average Bonchev–Trinajstić information content (AvgIpc) is 3.39. The predicted molar refractivity (Wildman–Crippen MR) is 123 cm³/mol. The molecule has 3 aromatic rings. The van der Waals surface area contributed by atoms with Crippen LogP contribution in [0.5, 0.6) is 0 Å². The number of hydrogen-bond acceptors (Lipinski definition) is 6. The number of carbonyl (C=O) groups is 1. The van der Waals surface area contributed by atoms with E-state index in [-0.39, 0.29) is 5.97 Å². The first-order chi connectivity index (χ1) is 15.6. The van der Waals surface area contributed by atoms with E-state index in [0.29, 0.717) is 24.8 Å². The Labute approximate surface area is 189 Å². The molecule has 3 aromatic heterocycles. The maximum atomic E-state index is 12.7. The molecule has 0 fully saturated rings. The first-order valence-electron chi connectivity index (χ1n) is 11.6. The van der Waals surface area contributed by atoms with Crippen LogP contribution >= 0.6 is 0 Å². The molecule has 1 atom stereocenters. The van der Waals surface area contributed by atoms with Gasteiger partial charge in [-0.25, -0.2) is 4.79 Å². The van der Waals surface area contributed by atoms with Gasteiger partial charge in [0.1, 0.15) is 17.2 Å². The lowest BCUT2D eigenvalue weighted by Crippen LogP contribution is -2.21. The number of nitrogens with one attached hydrogen (secondary N) is 1. The number of furan rings is 1. The molecule has 0 bridgehead atoms. The van der Waals surface area contributed by atoms with Crippen molar-refractivity contribution in [1.29, 1.82) is 0 Å². The highest BCUT2D eigenvalue weighted by atomic mass is 16.5. The summed E-state index contributed by atoms with van der Waals surface area (Å²) in [4.78, 5) is 17.0. The van der Waals surface area contributed by atoms with Crippen molar-refractivity contribution in [3.8, 4) is 11.3 Å². The van der Waals surface area contributed by atoms with Gasteiger partial charge in [0.05, 0.1) is 12.3 Å². The molecule has 0 amide bonds. The van der Waals surface area contributed by atoms with Gasteiger partial charge in [-0.05, 0) is 76.4 Å². The molecule has 3 heterocycles. The molecule has 0 spiro atoms. The van der Waals surface area contributed by atoms with Gasteiger partial charge in [-0.15, -0.1) is 0 Å². The Morgan fingerprint density at radius 2 is 2.16 bits per heavy atom. The second-order valence-corrected chi connectivity index (χ2v) is 8.39. The zero-order valence-electron chi connectivity index (χ0n) is 19.2. The number of nitrogens with zero attached hydrogens (tertiary/aromatic N) is 3. The van der Waals surface area contributed by atoms with Gasteiger partial charge in [0, 0.05) is 36.0 Å². The number of aryl methyl sites for hydroxylation is 3. The smallest absolute Gasteiger partial charge is 0.356 e. The molecule has 0 aliphatic heterocycles. The van der Waals surface area contributed by atoms with Crippen molar-refractivity contribution in [2.45, 2.75) is 58.9 Å². The van der Waals surface area contributed by atoms with Crippen LogP contribution in [-0.4, -0.2) is 40.4 Å². The molecule has 1 aliphatic carbocycles. The van der Waals surface area contributed by atoms with Crippen LogP contribution in [0.2, 0.25) is 0 Å². The molecule has 1 unspecified atom stereocenters. The summed E-state index contributed by atoms with van der Waals surface area (Å²) < 4.78 is 12.9. The average molecular weight is 437 g/mol. The highest BCUT2D eigenvalue weighted by molar-refractivity contribution is 5.92. The Morgan fingerprint density at radius 1 is 1.28 bits per heavy atom. The van der Waals surface area contributed by atoms with E-state index in [0.717, 1.165) is 67.1 Å². The standard InChI is InChI=1S/C25H32N4O3/c1-4-31-25(30)24-21-8-7-19-16-27-14-11-20(19)23(21)28-29(24)15-5-12-26-13-10-17(2)22-9-6-18(3)32-22/h6,9,11,14,16-17,26H,4-5,7-8,10,12-13,15H2,1-3H3. The lowest BCUT2D eigenvalue weighted by molar-refractivity contribution is 0.0510. The van der Waals surface area contributed by atoms with Gasteiger partial charge < -0.3 is 14.5 Å². The normalized spacial score (nSPS) is 13.5. The summed E-state index contributed by atoms with van der Waals surface area (Å²) in [6, 6.07) is 6.06. The van der Waals surface area contributed by atoms with E-state index < -0.39 is 0 Å². The van der Waals surface area contributed by atoms with Crippen LogP contribution in [0.1, 0.15) is 65.7 Å². The van der Waals surface area contributed by atoms with E-state index in [1.807, 2.05) is 36.9 Å². The minimum Gasteiger partial charge on any atom is -0.466 e. The van der Waals surface area contributed by atoms with E-state index in [2.05, 4.69) is 23.3 Å². The van der Waals surface area contributed by atoms with Crippen molar-refractivity contribution in [1.82, 2.24) is 20.1 Å². The van der Waals surface area contributed by atoms with E-state index in [1.54, 1.807) is 6.20 Å². The number of esters is 1. The van der Waals surface area contributed by atoms with Gasteiger partial charge in [-0.2, -0.15) is 5.10 Å². The van der Waals surface area contributed by atoms with Gasteiger partial charge >= 0.3 is 5.97 Å². The molecule has 1 N–H and O–H groups in total. The van der Waals surface area contributed by atoms with E-state index in [4.69, 9.17) is 14.3 Å². The number of carbonyl (C=O) groups excluding carboxylic acids is 1. The molecular formula is C25H32N4O3. The summed E-state index contributed by atoms with van der Waals surface area (Å²) in [7, 11) is 0. The van der Waals surface area contributed by atoms with Crippen molar-refractivity contribution in [2.75, 3.05) is 19.7 Å². The fourth-order valence-corrected chi connectivity index (χ4v) is 4.32. The molecule has 170 valence electrons. The second-order valence-electron chi connectivity index (χ2n) is 8.39. The van der Waals surface area contributed by atoms with Crippen molar-refractivity contribution < 1.29 is 13.9 Å². The van der Waals surface area contributed by atoms with Crippen molar-refractivity contribution in [3.63, 3.8) is 0 Å². The maximum Gasteiger partial charge on any atom is 0.356 e. The third kappa shape index (κ3) is 4.78. The van der Waals surface area contributed by atoms with Crippen LogP contribution < -0.4 is 5.32 Å². The van der Waals surface area contributed by atoms with E-state index in [1.165, 1.54) is 5.56 Å². The molecule has 0 saturated carbocycles. The molecular weight excluding hydrogens is 404 g/mol. The molecule has 0 radical (unpaired) electrons. The minimum absolute atomic E-state index is 0.283. The fraction of sp³-hybridized carbons (Fsp3) is 0.480. The van der Waals surface area contributed by atoms with Crippen molar-refractivity contribution >= 4 is 5.97 Å². The number of pyridine rings is 1. The largest absolute Gasteiger partial charge is 0.466 e. The third-order valence-electron chi connectivity index (χ3n) is 6.05. The topological polar surface area (TPSA) is 82.2 Å². The molecule has 0 saturated heterocycles. The summed E-state index contributed by atoms with van der Waals surface area (Å²) in [6.07, 6.45) is 7.22. The lowest BCUT2D eigenvalue weighted by atomic mass is 9.90. The summed E-state index contributed by atoms with van der Waals surface area (Å²) in [5, 5.41) is 8.34. The monoisotopic (exact) mass is 436 g/mol. The van der Waals surface area contributed by atoms with Gasteiger partial charge in [-0.3, -0.25) is 9.67 Å². The van der Waals surface area contributed by atoms with Gasteiger partial charge in [0.2, 0.25) is 0 Å². The van der Waals surface area contributed by atoms with Gasteiger partial charge in [-0.1, -0.05) is 6.92 Å². The molecule has 1 aliphatic rings.